The summed E-state index contributed by atoms with van der Waals surface area (Å²) >= 11 is 0. The van der Waals surface area contributed by atoms with E-state index < -0.39 is 0 Å². The first-order valence-electron chi connectivity index (χ1n) is 17.2. The van der Waals surface area contributed by atoms with Crippen LogP contribution in [0.5, 0.6) is 0 Å². The number of rotatable bonds is 11. The fourth-order valence-corrected chi connectivity index (χ4v) is 6.01. The van der Waals surface area contributed by atoms with Crippen molar-refractivity contribution in [2.75, 3.05) is 25.6 Å². The average molecular weight is 684 g/mol. The third-order valence-corrected chi connectivity index (χ3v) is 8.75. The van der Waals surface area contributed by atoms with Gasteiger partial charge in [-0.25, -0.2) is 4.79 Å². The fourth-order valence-electron chi connectivity index (χ4n) is 6.01. The lowest BCUT2D eigenvalue weighted by atomic mass is 10.1. The SMILES string of the molecule is CCCCOC(=O)c1ccc(N=Nc2ccc(N=Nc3ccc(N=Nc4ccc(N(C)C)c5ccccc45)c4ccccc34)c3ccccc23)cc1. The number of hydrogen-bond acceptors (Lipinski definition) is 9. The number of ether oxygens (including phenoxy) is 1. The maximum atomic E-state index is 12.2. The molecule has 0 N–H and O–H groups in total. The Hall–Kier alpha value is -6.61. The summed E-state index contributed by atoms with van der Waals surface area (Å²) in [5.41, 5.74) is 5.93. The van der Waals surface area contributed by atoms with E-state index >= 15 is 0 Å². The minimum absolute atomic E-state index is 0.335. The van der Waals surface area contributed by atoms with Crippen molar-refractivity contribution in [2.45, 2.75) is 19.8 Å². The van der Waals surface area contributed by atoms with Crippen molar-refractivity contribution in [3.05, 3.63) is 139 Å². The molecule has 9 nitrogen and oxygen atoms in total. The molecule has 0 saturated heterocycles. The van der Waals surface area contributed by atoms with Gasteiger partial charge in [0.05, 0.1) is 46.3 Å². The van der Waals surface area contributed by atoms with Crippen LogP contribution >= 0.6 is 0 Å². The van der Waals surface area contributed by atoms with Crippen LogP contribution < -0.4 is 4.90 Å². The Kier molecular flexibility index (Phi) is 10.1. The number of nitrogens with zero attached hydrogens (tertiary/aromatic N) is 7. The second-order valence-corrected chi connectivity index (χ2v) is 12.5. The monoisotopic (exact) mass is 683 g/mol. The third-order valence-electron chi connectivity index (χ3n) is 8.75. The molecule has 52 heavy (non-hydrogen) atoms. The molecule has 0 saturated carbocycles. The molecule has 0 aromatic heterocycles. The summed E-state index contributed by atoms with van der Waals surface area (Å²) in [5.74, 6) is -0.335. The highest BCUT2D eigenvalue weighted by Gasteiger charge is 2.11. The van der Waals surface area contributed by atoms with Crippen LogP contribution in [-0.4, -0.2) is 26.7 Å². The molecule has 256 valence electrons. The van der Waals surface area contributed by atoms with Gasteiger partial charge in [0, 0.05) is 52.1 Å². The van der Waals surface area contributed by atoms with Crippen LogP contribution in [-0.2, 0) is 4.74 Å². The number of carbonyl (C=O) groups excluding carboxylic acids is 1. The number of benzene rings is 7. The van der Waals surface area contributed by atoms with Gasteiger partial charge in [0.25, 0.3) is 0 Å². The van der Waals surface area contributed by atoms with Gasteiger partial charge < -0.3 is 9.64 Å². The van der Waals surface area contributed by atoms with Crippen molar-refractivity contribution >= 4 is 78.1 Å². The molecule has 0 aliphatic heterocycles. The van der Waals surface area contributed by atoms with Crippen LogP contribution in [0.2, 0.25) is 0 Å². The molecule has 0 aliphatic carbocycles. The molecule has 7 rings (SSSR count). The lowest BCUT2D eigenvalue weighted by Crippen LogP contribution is -2.08. The topological polar surface area (TPSA) is 104 Å². The van der Waals surface area contributed by atoms with E-state index in [0.29, 0.717) is 29.2 Å². The van der Waals surface area contributed by atoms with Gasteiger partial charge in [0.15, 0.2) is 0 Å². The van der Waals surface area contributed by atoms with Crippen molar-refractivity contribution in [3.63, 3.8) is 0 Å². The predicted molar refractivity (Wildman–Crippen MR) is 210 cm³/mol. The fraction of sp³-hybridized carbons (Fsp3) is 0.140. The Labute approximate surface area is 302 Å². The smallest absolute Gasteiger partial charge is 0.338 e. The molecule has 0 radical (unpaired) electrons. The van der Waals surface area contributed by atoms with Gasteiger partial charge in [-0.15, -0.1) is 25.6 Å². The molecule has 0 aliphatic rings. The van der Waals surface area contributed by atoms with Gasteiger partial charge in [-0.1, -0.05) is 86.1 Å². The largest absolute Gasteiger partial charge is 0.462 e. The van der Waals surface area contributed by atoms with E-state index in [1.54, 1.807) is 24.3 Å². The third kappa shape index (κ3) is 7.29. The Bertz CT molecular complexity index is 2490. The molecule has 0 unspecified atom stereocenters. The first kappa shape index (κ1) is 33.9. The van der Waals surface area contributed by atoms with E-state index in [1.165, 1.54) is 0 Å². The summed E-state index contributed by atoms with van der Waals surface area (Å²) in [4.78, 5) is 14.3. The normalized spacial score (nSPS) is 11.8. The predicted octanol–water partition coefficient (Wildman–Crippen LogP) is 13.4. The van der Waals surface area contributed by atoms with E-state index in [-0.39, 0.29) is 5.97 Å². The van der Waals surface area contributed by atoms with E-state index in [2.05, 4.69) is 40.3 Å². The lowest BCUT2D eigenvalue weighted by molar-refractivity contribution is 0.0499. The standard InChI is InChI=1S/C43H37N7O2/c1-4-5-28-52-43(51)29-18-20-30(21-19-29)44-45-37-22-23-38(32-13-7-6-12-31(32)37)46-47-39-24-25-40(34-15-9-8-14-33(34)39)48-49-41-26-27-42(50(2)3)36-17-11-10-16-35(36)41/h6-27H,4-5,28H2,1-3H3. The molecule has 0 fully saturated rings. The van der Waals surface area contributed by atoms with Crippen molar-refractivity contribution < 1.29 is 9.53 Å². The molecule has 0 heterocycles. The van der Waals surface area contributed by atoms with E-state index in [0.717, 1.165) is 67.9 Å². The molecule has 9 heteroatoms. The van der Waals surface area contributed by atoms with Crippen LogP contribution in [0.15, 0.2) is 164 Å². The zero-order valence-electron chi connectivity index (χ0n) is 29.3. The van der Waals surface area contributed by atoms with Gasteiger partial charge in [0.1, 0.15) is 0 Å². The summed E-state index contributed by atoms with van der Waals surface area (Å²) in [5, 5.41) is 33.6. The molecule has 0 bridgehead atoms. The second-order valence-electron chi connectivity index (χ2n) is 12.5. The summed E-state index contributed by atoms with van der Waals surface area (Å²) in [6.45, 7) is 2.47. The molecule has 0 atom stereocenters. The van der Waals surface area contributed by atoms with Crippen LogP contribution in [0, 0.1) is 0 Å². The highest BCUT2D eigenvalue weighted by molar-refractivity contribution is 6.02. The Morgan fingerprint density at radius 2 is 0.885 bits per heavy atom. The maximum absolute atomic E-state index is 12.2. The summed E-state index contributed by atoms with van der Waals surface area (Å²) < 4.78 is 5.30. The number of hydrogen-bond donors (Lipinski definition) is 0. The maximum Gasteiger partial charge on any atom is 0.338 e. The molecular weight excluding hydrogens is 647 g/mol. The van der Waals surface area contributed by atoms with Gasteiger partial charge in [-0.05, 0) is 67.1 Å². The summed E-state index contributed by atoms with van der Waals surface area (Å²) in [6, 6.07) is 42.8. The minimum Gasteiger partial charge on any atom is -0.462 e. The molecule has 7 aromatic carbocycles. The Morgan fingerprint density at radius 1 is 0.500 bits per heavy atom. The van der Waals surface area contributed by atoms with Crippen molar-refractivity contribution in [2.24, 2.45) is 30.7 Å². The van der Waals surface area contributed by atoms with Crippen molar-refractivity contribution in [1.82, 2.24) is 0 Å². The van der Waals surface area contributed by atoms with Crippen molar-refractivity contribution in [1.29, 1.82) is 0 Å². The van der Waals surface area contributed by atoms with Gasteiger partial charge >= 0.3 is 5.97 Å². The van der Waals surface area contributed by atoms with Crippen LogP contribution in [0.4, 0.5) is 39.8 Å². The highest BCUT2D eigenvalue weighted by Crippen LogP contribution is 2.39. The number of unbranched alkanes of at least 4 members (excludes halogenated alkanes) is 1. The first-order chi connectivity index (χ1) is 25.5. The Balaban J connectivity index is 1.14. The molecule has 7 aromatic rings. The quantitative estimate of drug-likeness (QED) is 0.0769. The second kappa shape index (κ2) is 15.5. The molecule has 0 amide bonds. The number of anilines is 1. The van der Waals surface area contributed by atoms with E-state index in [9.17, 15) is 4.79 Å². The molecule has 0 spiro atoms. The van der Waals surface area contributed by atoms with Crippen LogP contribution in [0.3, 0.4) is 0 Å². The zero-order valence-corrected chi connectivity index (χ0v) is 29.3. The highest BCUT2D eigenvalue weighted by atomic mass is 16.5. The van der Waals surface area contributed by atoms with E-state index in [4.69, 9.17) is 25.2 Å². The summed E-state index contributed by atoms with van der Waals surface area (Å²) in [6.07, 6.45) is 1.81. The number of fused-ring (bicyclic) bond motifs is 3. The number of esters is 1. The van der Waals surface area contributed by atoms with Crippen LogP contribution in [0.25, 0.3) is 32.3 Å². The van der Waals surface area contributed by atoms with Gasteiger partial charge in [-0.3, -0.25) is 0 Å². The number of carbonyl (C=O) groups is 1. The summed E-state index contributed by atoms with van der Waals surface area (Å²) in [7, 11) is 4.08. The minimum atomic E-state index is -0.335. The first-order valence-corrected chi connectivity index (χ1v) is 17.2. The van der Waals surface area contributed by atoms with Gasteiger partial charge in [-0.2, -0.15) is 5.11 Å². The zero-order chi connectivity index (χ0) is 35.9. The van der Waals surface area contributed by atoms with Crippen LogP contribution in [0.1, 0.15) is 30.1 Å². The average Bonchev–Trinajstić information content (AvgIpc) is 3.18. The number of azo groups is 3. The lowest BCUT2D eigenvalue weighted by Gasteiger charge is -2.16. The Morgan fingerprint density at radius 3 is 1.31 bits per heavy atom. The van der Waals surface area contributed by atoms with Gasteiger partial charge in [0.2, 0.25) is 0 Å². The van der Waals surface area contributed by atoms with E-state index in [1.807, 2.05) is 105 Å². The molecular formula is C43H37N7O2. The van der Waals surface area contributed by atoms with Crippen molar-refractivity contribution in [3.8, 4) is 0 Å².